The molecule has 0 aromatic heterocycles. The van der Waals surface area contributed by atoms with E-state index in [0.29, 0.717) is 0 Å². The lowest BCUT2D eigenvalue weighted by Gasteiger charge is -2.12. The van der Waals surface area contributed by atoms with Gasteiger partial charge in [0.2, 0.25) is 0 Å². The quantitative estimate of drug-likeness (QED) is 0.876. The summed E-state index contributed by atoms with van der Waals surface area (Å²) in [6.45, 7) is 3.57. The van der Waals surface area contributed by atoms with Gasteiger partial charge in [0.05, 0.1) is 0 Å². The van der Waals surface area contributed by atoms with Crippen molar-refractivity contribution in [2.24, 2.45) is 0 Å². The van der Waals surface area contributed by atoms with Gasteiger partial charge < -0.3 is 10.4 Å². The largest absolute Gasteiger partial charge is 0.480 e. The third-order valence-electron chi connectivity index (χ3n) is 1.86. The maximum atomic E-state index is 10.6. The lowest BCUT2D eigenvalue weighted by molar-refractivity contribution is -0.137. The van der Waals surface area contributed by atoms with E-state index in [1.54, 1.807) is 6.92 Å². The number of carbonyl (C=O) groups is 1. The Kier molecular flexibility index (Phi) is 3.52. The number of anilines is 1. The van der Waals surface area contributed by atoms with E-state index in [9.17, 15) is 4.79 Å². The van der Waals surface area contributed by atoms with Gasteiger partial charge in [-0.25, -0.2) is 0 Å². The van der Waals surface area contributed by atoms with Gasteiger partial charge in [0.15, 0.2) is 0 Å². The van der Waals surface area contributed by atoms with Crippen molar-refractivity contribution < 1.29 is 9.90 Å². The third-order valence-corrected chi connectivity index (χ3v) is 2.56. The predicted octanol–water partition coefficient (Wildman–Crippen LogP) is 2.64. The summed E-state index contributed by atoms with van der Waals surface area (Å²) >= 11 is 3.35. The van der Waals surface area contributed by atoms with Crippen molar-refractivity contribution >= 4 is 27.6 Å². The molecule has 1 aromatic rings. The molecule has 0 bridgehead atoms. The molecular weight excluding hydrogens is 246 g/mol. The summed E-state index contributed by atoms with van der Waals surface area (Å²) in [4.78, 5) is 10.6. The summed E-state index contributed by atoms with van der Waals surface area (Å²) in [6.07, 6.45) is 0. The summed E-state index contributed by atoms with van der Waals surface area (Å²) < 4.78 is 0.871. The van der Waals surface area contributed by atoms with Crippen LogP contribution in [0, 0.1) is 6.92 Å². The molecule has 0 saturated heterocycles. The SMILES string of the molecule is Cc1ccc(Br)c(NC(C)C(=O)O)c1. The van der Waals surface area contributed by atoms with Crippen LogP contribution >= 0.6 is 15.9 Å². The van der Waals surface area contributed by atoms with Gasteiger partial charge in [-0.1, -0.05) is 6.07 Å². The molecule has 3 nitrogen and oxygen atoms in total. The first-order valence-electron chi connectivity index (χ1n) is 4.26. The van der Waals surface area contributed by atoms with Crippen molar-refractivity contribution in [3.8, 4) is 0 Å². The van der Waals surface area contributed by atoms with Gasteiger partial charge in [-0.3, -0.25) is 4.79 Å². The summed E-state index contributed by atoms with van der Waals surface area (Å²) in [5.74, 6) is -0.863. The minimum absolute atomic E-state index is 0.590. The first-order chi connectivity index (χ1) is 6.50. The molecule has 0 saturated carbocycles. The van der Waals surface area contributed by atoms with Crippen LogP contribution in [0.5, 0.6) is 0 Å². The molecule has 0 aliphatic carbocycles. The Morgan fingerprint density at radius 1 is 1.57 bits per heavy atom. The Morgan fingerprint density at radius 2 is 2.21 bits per heavy atom. The highest BCUT2D eigenvalue weighted by Gasteiger charge is 2.11. The van der Waals surface area contributed by atoms with E-state index in [4.69, 9.17) is 5.11 Å². The van der Waals surface area contributed by atoms with E-state index in [1.807, 2.05) is 25.1 Å². The second-order valence-electron chi connectivity index (χ2n) is 3.19. The first kappa shape index (κ1) is 11.0. The van der Waals surface area contributed by atoms with Crippen LogP contribution in [0.4, 0.5) is 5.69 Å². The highest BCUT2D eigenvalue weighted by Crippen LogP contribution is 2.23. The van der Waals surface area contributed by atoms with Crippen LogP contribution in [0.3, 0.4) is 0 Å². The van der Waals surface area contributed by atoms with Crippen molar-refractivity contribution in [1.82, 2.24) is 0 Å². The fourth-order valence-electron chi connectivity index (χ4n) is 1.04. The Morgan fingerprint density at radius 3 is 2.79 bits per heavy atom. The van der Waals surface area contributed by atoms with Gasteiger partial charge in [0.1, 0.15) is 6.04 Å². The van der Waals surface area contributed by atoms with Crippen LogP contribution in [-0.4, -0.2) is 17.1 Å². The number of nitrogens with one attached hydrogen (secondary N) is 1. The minimum Gasteiger partial charge on any atom is -0.480 e. The summed E-state index contributed by atoms with van der Waals surface area (Å²) in [5, 5.41) is 11.6. The lowest BCUT2D eigenvalue weighted by Crippen LogP contribution is -2.25. The van der Waals surface area contributed by atoms with Gasteiger partial charge in [-0.15, -0.1) is 0 Å². The third kappa shape index (κ3) is 2.73. The van der Waals surface area contributed by atoms with Crippen molar-refractivity contribution in [2.45, 2.75) is 19.9 Å². The molecule has 0 aliphatic rings. The molecule has 0 spiro atoms. The molecule has 1 unspecified atom stereocenters. The molecule has 4 heteroatoms. The number of rotatable bonds is 3. The number of hydrogen-bond donors (Lipinski definition) is 2. The van der Waals surface area contributed by atoms with Gasteiger partial charge >= 0.3 is 5.97 Å². The summed E-state index contributed by atoms with van der Waals surface area (Å²) in [6, 6.07) is 5.17. The Bertz CT molecular complexity index is 352. The van der Waals surface area contributed by atoms with Crippen molar-refractivity contribution in [2.75, 3.05) is 5.32 Å². The number of hydrogen-bond acceptors (Lipinski definition) is 2. The minimum atomic E-state index is -0.863. The van der Waals surface area contributed by atoms with Crippen LogP contribution in [0.25, 0.3) is 0 Å². The normalized spacial score (nSPS) is 12.2. The Labute approximate surface area is 91.3 Å². The molecule has 0 amide bonds. The molecule has 1 atom stereocenters. The first-order valence-corrected chi connectivity index (χ1v) is 5.05. The van der Waals surface area contributed by atoms with Gasteiger partial charge in [-0.05, 0) is 47.5 Å². The van der Waals surface area contributed by atoms with Crippen LogP contribution in [0.1, 0.15) is 12.5 Å². The van der Waals surface area contributed by atoms with Crippen molar-refractivity contribution in [1.29, 1.82) is 0 Å². The molecule has 2 N–H and O–H groups in total. The molecule has 1 rings (SSSR count). The molecule has 0 heterocycles. The standard InChI is InChI=1S/C10H12BrNO2/c1-6-3-4-8(11)9(5-6)12-7(2)10(13)14/h3-5,7,12H,1-2H3,(H,13,14). The second-order valence-corrected chi connectivity index (χ2v) is 4.04. The molecule has 76 valence electrons. The average molecular weight is 258 g/mol. The number of aliphatic carboxylic acids is 1. The lowest BCUT2D eigenvalue weighted by atomic mass is 10.2. The maximum absolute atomic E-state index is 10.6. The monoisotopic (exact) mass is 257 g/mol. The van der Waals surface area contributed by atoms with Crippen LogP contribution in [-0.2, 0) is 4.79 Å². The number of carboxylic acid groups (broad SMARTS) is 1. The highest BCUT2D eigenvalue weighted by atomic mass is 79.9. The van der Waals surface area contributed by atoms with Crippen LogP contribution < -0.4 is 5.32 Å². The van der Waals surface area contributed by atoms with Gasteiger partial charge in [0, 0.05) is 10.2 Å². The van der Waals surface area contributed by atoms with Crippen molar-refractivity contribution in [3.63, 3.8) is 0 Å². The van der Waals surface area contributed by atoms with Crippen LogP contribution in [0.2, 0.25) is 0 Å². The molecular formula is C10H12BrNO2. The smallest absolute Gasteiger partial charge is 0.325 e. The number of benzene rings is 1. The van der Waals surface area contributed by atoms with E-state index in [-0.39, 0.29) is 0 Å². The fourth-order valence-corrected chi connectivity index (χ4v) is 1.41. The van der Waals surface area contributed by atoms with E-state index in [1.165, 1.54) is 0 Å². The van der Waals surface area contributed by atoms with Crippen LogP contribution in [0.15, 0.2) is 22.7 Å². The van der Waals surface area contributed by atoms with E-state index < -0.39 is 12.0 Å². The molecule has 14 heavy (non-hydrogen) atoms. The predicted molar refractivity (Wildman–Crippen MR) is 59.6 cm³/mol. The molecule has 0 radical (unpaired) electrons. The maximum Gasteiger partial charge on any atom is 0.325 e. The zero-order valence-electron chi connectivity index (χ0n) is 8.04. The van der Waals surface area contributed by atoms with E-state index >= 15 is 0 Å². The number of halogens is 1. The molecule has 1 aromatic carbocycles. The van der Waals surface area contributed by atoms with Crippen molar-refractivity contribution in [3.05, 3.63) is 28.2 Å². The summed E-state index contributed by atoms with van der Waals surface area (Å²) in [5.41, 5.74) is 1.90. The zero-order valence-corrected chi connectivity index (χ0v) is 9.63. The van der Waals surface area contributed by atoms with Gasteiger partial charge in [0.25, 0.3) is 0 Å². The second kappa shape index (κ2) is 4.46. The number of aryl methyl sites for hydroxylation is 1. The molecule has 0 aliphatic heterocycles. The molecule has 0 fully saturated rings. The number of carboxylic acids is 1. The topological polar surface area (TPSA) is 49.3 Å². The van der Waals surface area contributed by atoms with E-state index in [0.717, 1.165) is 15.7 Å². The average Bonchev–Trinajstić information content (AvgIpc) is 2.11. The Balaban J connectivity index is 2.85. The summed E-state index contributed by atoms with van der Waals surface area (Å²) in [7, 11) is 0. The fraction of sp³-hybridized carbons (Fsp3) is 0.300. The van der Waals surface area contributed by atoms with Gasteiger partial charge in [-0.2, -0.15) is 0 Å². The van der Waals surface area contributed by atoms with E-state index in [2.05, 4.69) is 21.2 Å². The Hall–Kier alpha value is -1.03. The zero-order chi connectivity index (χ0) is 10.7. The highest BCUT2D eigenvalue weighted by molar-refractivity contribution is 9.10.